The van der Waals surface area contributed by atoms with E-state index in [1.165, 1.54) is 205 Å². The minimum atomic E-state index is -2.39. The van der Waals surface area contributed by atoms with E-state index in [0.717, 1.165) is 14.3 Å². The number of fused-ring (bicyclic) bond motifs is 16. The molecule has 8 aromatic heterocycles. The van der Waals surface area contributed by atoms with Crippen LogP contribution in [0.25, 0.3) is 24.3 Å². The van der Waals surface area contributed by atoms with Gasteiger partial charge in [-0.15, -0.1) is 0 Å². The summed E-state index contributed by atoms with van der Waals surface area (Å²) in [5.74, 6) is 3.96. The van der Waals surface area contributed by atoms with Crippen molar-refractivity contribution in [3.05, 3.63) is 389 Å². The van der Waals surface area contributed by atoms with E-state index in [0.29, 0.717) is 64.1 Å². The molecular weight excluding hydrogens is 2260 g/mol. The molecule has 0 amide bonds. The zero-order valence-corrected chi connectivity index (χ0v) is 88.4. The van der Waals surface area contributed by atoms with E-state index >= 15 is 0 Å². The maximum atomic E-state index is 12.8. The fraction of sp³-hybridized carbons (Fsp3) is 0.135. The van der Waals surface area contributed by atoms with Crippen LogP contribution in [0.4, 0.5) is 60.3 Å². The van der Waals surface area contributed by atoms with Crippen LogP contribution in [-0.4, -0.2) is 149 Å². The van der Waals surface area contributed by atoms with Gasteiger partial charge in [0.25, 0.3) is 0 Å². The average molecular weight is 2340 g/mol. The fourth-order valence-electron chi connectivity index (χ4n) is 21.7. The Labute approximate surface area is 829 Å². The first kappa shape index (κ1) is 87.0. The summed E-state index contributed by atoms with van der Waals surface area (Å²) < 4.78 is 12.7. The molecule has 26 rings (SSSR count). The van der Waals surface area contributed by atoms with Crippen molar-refractivity contribution >= 4 is 298 Å². The number of hydrogen-bond donors (Lipinski definition) is 0. The molecule has 2 spiro atoms. The minimum absolute atomic E-state index is 0.0972. The van der Waals surface area contributed by atoms with Gasteiger partial charge in [-0.2, -0.15) is 0 Å². The number of carbonyl (C=O) groups is 8. The van der Waals surface area contributed by atoms with Gasteiger partial charge in [0.1, 0.15) is 0 Å². The van der Waals surface area contributed by atoms with Crippen LogP contribution in [0.2, 0.25) is 24.6 Å². The molecular formula is C111H82GeN4O8S4SiTe4. The van der Waals surface area contributed by atoms with Crippen molar-refractivity contribution in [3.63, 3.8) is 0 Å². The normalized spacial score (nSPS) is 18.3. The van der Waals surface area contributed by atoms with Crippen molar-refractivity contribution in [3.8, 4) is 0 Å². The van der Waals surface area contributed by atoms with Gasteiger partial charge in [-0.05, 0) is 0 Å². The molecule has 0 atom stereocenters. The summed E-state index contributed by atoms with van der Waals surface area (Å²) >= 11 is 0.0165. The quantitative estimate of drug-likeness (QED) is 0.0809. The van der Waals surface area contributed by atoms with Crippen molar-refractivity contribution in [2.24, 2.45) is 0 Å². The molecule has 6 aliphatic carbocycles. The number of para-hydroxylation sites is 8. The summed E-state index contributed by atoms with van der Waals surface area (Å²) in [5, 5.41) is 10.2. The zero-order chi connectivity index (χ0) is 90.5. The number of hydrogen-bond acceptors (Lipinski definition) is 16. The van der Waals surface area contributed by atoms with Gasteiger partial charge in [-0.25, -0.2) is 0 Å². The third-order valence-corrected chi connectivity index (χ3v) is 54.2. The van der Waals surface area contributed by atoms with E-state index < -0.39 is 103 Å². The number of Topliss-reactive ketones (excluding diaryl/α,β-unsaturated/α-hetero) is 8. The maximum absolute atomic E-state index is 12.8. The van der Waals surface area contributed by atoms with Gasteiger partial charge in [-0.1, -0.05) is 0 Å². The van der Waals surface area contributed by atoms with E-state index in [2.05, 4.69) is 287 Å². The van der Waals surface area contributed by atoms with Crippen LogP contribution in [0, 0.1) is 0 Å². The summed E-state index contributed by atoms with van der Waals surface area (Å²) in [6.45, 7) is 4.84. The second-order valence-corrected chi connectivity index (χ2v) is 65.4. The van der Waals surface area contributed by atoms with E-state index in [9.17, 15) is 38.4 Å². The Bertz CT molecular complexity index is 7240. The molecule has 0 saturated heterocycles. The standard InChI is InChI=1S/C30H23NO2STe.C29H21NO2STe.C26H19GeNO2STe.C26H19NO2SSiTe/c32-27-20-14-17-34-29(20)28(33)21(27)18-19-12-13-26(35-19)31-24-10-4-2-8-22(24)30(15-6-1-7-16-30)23-9-3-5-11-25(23)31;31-26-19-13-16-33-28(19)27(32)20(26)17-18-11-12-25(34-18)30-23-9-3-1-7-21(23)29(14-5-6-15-29)22-8-2-4-10-24(22)30;1-27(2)19-7-3-5-9-21(19)28(22-10-6-4-8-20(22)27)23-12-11-16(32-23)15-18-24(29)17-13-14-31-26(17)25(18)30;1-31(2)21-9-5-3-7-19(21)27(20-8-4-6-10-22(20)31)23-12-11-16(32-23)15-18-24(28)17-13-14-30-26(17)25(18)29/h2-5,8-14,17-18H,1,6-7,15-16H2;1-4,7-13,16-17H,5-6,14-15H2;2*3-15H,1-2H3/b21-18+;20-17+;2*18-15+. The molecule has 133 heavy (non-hydrogen) atoms. The Hall–Kier alpha value is -10.1. The molecule has 12 nitrogen and oxygen atoms in total. The number of nitrogens with zero attached hydrogens (tertiary/aromatic N) is 4. The first-order valence-electron chi connectivity index (χ1n) is 44.7. The Kier molecular flexibility index (Phi) is 22.6. The predicted molar refractivity (Wildman–Crippen MR) is 553 cm³/mol. The summed E-state index contributed by atoms with van der Waals surface area (Å²) in [6.07, 6.45) is 18.6. The summed E-state index contributed by atoms with van der Waals surface area (Å²) in [4.78, 5) is 114. The number of benzene rings is 8. The molecule has 2 saturated carbocycles. The third kappa shape index (κ3) is 14.4. The Morgan fingerprint density at radius 1 is 0.278 bits per heavy atom. The van der Waals surface area contributed by atoms with Crippen LogP contribution in [0.1, 0.15) is 174 Å². The van der Waals surface area contributed by atoms with Gasteiger partial charge in [-0.3, -0.25) is 0 Å². The molecule has 2 fully saturated rings. The molecule has 8 aromatic carbocycles. The molecule has 12 heterocycles. The zero-order valence-electron chi connectivity index (χ0n) is 72.7. The van der Waals surface area contributed by atoms with Gasteiger partial charge in [0.05, 0.1) is 0 Å². The summed E-state index contributed by atoms with van der Waals surface area (Å²) in [6, 6.07) is 95.2. The monoisotopic (exact) mass is 2350 g/mol. The van der Waals surface area contributed by atoms with Crippen LogP contribution >= 0.6 is 45.3 Å². The number of anilines is 12. The number of ketones is 8. The first-order chi connectivity index (χ1) is 64.8. The van der Waals surface area contributed by atoms with Crippen molar-refractivity contribution in [2.45, 2.75) is 93.2 Å². The van der Waals surface area contributed by atoms with Gasteiger partial charge in [0.2, 0.25) is 0 Å². The van der Waals surface area contributed by atoms with Crippen molar-refractivity contribution in [2.75, 3.05) is 19.6 Å². The Morgan fingerprint density at radius 2 is 0.519 bits per heavy atom. The van der Waals surface area contributed by atoms with E-state index in [1.807, 2.05) is 45.8 Å². The summed E-state index contributed by atoms with van der Waals surface area (Å²) in [7, 11) is -1.79. The van der Waals surface area contributed by atoms with Gasteiger partial charge >= 0.3 is 839 Å². The van der Waals surface area contributed by atoms with E-state index in [4.69, 9.17) is 0 Å². The Balaban J connectivity index is 0.000000100. The van der Waals surface area contributed by atoms with Crippen LogP contribution in [0.15, 0.2) is 311 Å². The number of rotatable bonds is 8. The molecule has 22 heteroatoms. The number of thiophene rings is 4. The fourth-order valence-corrected chi connectivity index (χ4v) is 45.5. The molecule has 650 valence electrons. The molecule has 4 aliphatic heterocycles. The molecule has 0 radical (unpaired) electrons. The second-order valence-electron chi connectivity index (χ2n) is 35.9. The third-order valence-electron chi connectivity index (χ3n) is 28.0. The van der Waals surface area contributed by atoms with E-state index in [-0.39, 0.29) is 57.1 Å². The van der Waals surface area contributed by atoms with Crippen molar-refractivity contribution < 1.29 is 38.4 Å². The molecule has 0 bridgehead atoms. The van der Waals surface area contributed by atoms with Crippen molar-refractivity contribution in [1.29, 1.82) is 0 Å². The summed E-state index contributed by atoms with van der Waals surface area (Å²) in [5.41, 5.74) is 19.9. The van der Waals surface area contributed by atoms with Gasteiger partial charge < -0.3 is 0 Å². The van der Waals surface area contributed by atoms with Gasteiger partial charge in [0, 0.05) is 0 Å². The van der Waals surface area contributed by atoms with Crippen molar-refractivity contribution in [1.82, 2.24) is 0 Å². The predicted octanol–water partition coefficient (Wildman–Crippen LogP) is 24.0. The first-order valence-corrected chi connectivity index (χ1v) is 66.8. The topological polar surface area (TPSA) is 150 Å². The second kappa shape index (κ2) is 34.6. The molecule has 10 aliphatic rings. The number of carbonyl (C=O) groups excluding carboxylic acids is 8. The van der Waals surface area contributed by atoms with Gasteiger partial charge in [0.15, 0.2) is 0 Å². The Morgan fingerprint density at radius 3 is 0.812 bits per heavy atom. The SMILES string of the molecule is C[Si]1(C)c2ccccc2N(c2ccc(/C=C3\C(=O)c4ccsc4C3=O)[te]2)c2ccccc21.O=C1/C(=C\c2ccc(N3c4ccccc4C4(CCCC4)c4ccccc43)[te]2)C(=O)c2sccc21.O=C1/C(=C\c2ccc(N3c4ccccc4C4(CCCCC4)c4ccccc43)[te]2)C(=O)c2sccc21.[CH3][Ge]1([CH3])[c]2ccccc2N(c2ccc(/C=C3\C(=O)c4ccsc4C3=O)[te]2)c2cccc[c]21. The van der Waals surface area contributed by atoms with Crippen LogP contribution < -0.4 is 38.8 Å². The molecule has 16 aromatic rings. The average Bonchev–Trinajstić information content (AvgIpc) is 1.71. The van der Waals surface area contributed by atoms with Crippen LogP contribution in [0.5, 0.6) is 0 Å². The molecule has 0 unspecified atom stereocenters. The molecule has 0 N–H and O–H groups in total. The van der Waals surface area contributed by atoms with E-state index in [1.54, 1.807) is 24.3 Å². The van der Waals surface area contributed by atoms with Crippen LogP contribution in [-0.2, 0) is 10.8 Å². The van der Waals surface area contributed by atoms with Crippen LogP contribution in [0.3, 0.4) is 0 Å². The number of allylic oxidation sites excluding steroid dienone is 4.